The van der Waals surface area contributed by atoms with Crippen LogP contribution in [-0.2, 0) is 6.18 Å². The average molecular weight is 412 g/mol. The van der Waals surface area contributed by atoms with E-state index in [0.29, 0.717) is 4.68 Å². The molecule has 0 aliphatic heterocycles. The highest BCUT2D eigenvalue weighted by molar-refractivity contribution is 14.2. The number of rotatable bonds is 1. The predicted molar refractivity (Wildman–Crippen MR) is 77.0 cm³/mol. The van der Waals surface area contributed by atoms with E-state index >= 15 is 0 Å². The molecule has 2 nitrogen and oxygen atoms in total. The summed E-state index contributed by atoms with van der Waals surface area (Å²) in [6.07, 6.45) is -3.56. The molecule has 2 rings (SSSR count). The zero-order valence-electron chi connectivity index (χ0n) is 9.58. The van der Waals surface area contributed by atoms with Crippen molar-refractivity contribution in [1.82, 2.24) is 9.78 Å². The van der Waals surface area contributed by atoms with E-state index in [1.54, 1.807) is 0 Å². The first-order valence-electron chi connectivity index (χ1n) is 5.13. The molecule has 0 aliphatic carbocycles. The Kier molecular flexibility index (Phi) is 4.59. The molecule has 1 aromatic heterocycles. The number of hydrogen-bond acceptors (Lipinski definition) is 2. The van der Waals surface area contributed by atoms with Gasteiger partial charge in [-0.1, -0.05) is 5.92 Å². The van der Waals surface area contributed by atoms with Gasteiger partial charge in [-0.05, 0) is 38.5 Å². The maximum absolute atomic E-state index is 13.1. The van der Waals surface area contributed by atoms with Gasteiger partial charge in [-0.25, -0.2) is 9.07 Å². The zero-order chi connectivity index (χ0) is 14.8. The second-order valence-corrected chi connectivity index (χ2v) is 5.28. The van der Waals surface area contributed by atoms with Gasteiger partial charge in [-0.15, -0.1) is 0 Å². The summed E-state index contributed by atoms with van der Waals surface area (Å²) in [5.74, 6) is 1.87. The molecule has 20 heavy (non-hydrogen) atoms. The van der Waals surface area contributed by atoms with Crippen molar-refractivity contribution in [3.8, 4) is 16.9 Å². The Bertz CT molecular complexity index is 667. The molecule has 0 bridgehead atoms. The largest absolute Gasteiger partial charge is 0.434 e. The molecule has 0 spiro atoms. The fourth-order valence-corrected chi connectivity index (χ4v) is 2.04. The van der Waals surface area contributed by atoms with Crippen molar-refractivity contribution in [3.05, 3.63) is 47.5 Å². The summed E-state index contributed by atoms with van der Waals surface area (Å²) in [5.41, 5.74) is -1.07. The van der Waals surface area contributed by atoms with Crippen LogP contribution in [0, 0.1) is 17.0 Å². The maximum Gasteiger partial charge on any atom is 0.434 e. The van der Waals surface area contributed by atoms with Crippen molar-refractivity contribution in [1.29, 1.82) is 0 Å². The number of halogens is 5. The van der Waals surface area contributed by atoms with Gasteiger partial charge in [0, 0.05) is 21.2 Å². The van der Waals surface area contributed by atoms with Crippen LogP contribution in [0.25, 0.3) is 5.69 Å². The van der Waals surface area contributed by atoms with Crippen LogP contribution >= 0.6 is 30.1 Å². The van der Waals surface area contributed by atoms with Gasteiger partial charge in [-0.3, -0.25) is 0 Å². The highest BCUT2D eigenvalue weighted by Crippen LogP contribution is 2.33. The van der Waals surface area contributed by atoms with Gasteiger partial charge in [0.25, 0.3) is 0 Å². The molecule has 1 aromatic carbocycles. The lowest BCUT2D eigenvalue weighted by Gasteiger charge is -2.11. The lowest BCUT2D eigenvalue weighted by molar-refractivity contribution is -0.143. The van der Waals surface area contributed by atoms with Gasteiger partial charge < -0.3 is 0 Å². The Morgan fingerprint density at radius 1 is 1.20 bits per heavy atom. The summed E-state index contributed by atoms with van der Waals surface area (Å²) in [6.45, 7) is 0. The summed E-state index contributed by atoms with van der Waals surface area (Å²) in [4.78, 5) is 0. The van der Waals surface area contributed by atoms with Crippen molar-refractivity contribution in [2.24, 2.45) is 0 Å². The molecular weight excluding hydrogens is 407 g/mol. The quantitative estimate of drug-likeness (QED) is 0.392. The number of hydrogen-bond donors (Lipinski definition) is 0. The summed E-state index contributed by atoms with van der Waals surface area (Å²) >= 11 is 1.86. The van der Waals surface area contributed by atoms with E-state index in [2.05, 4.69) is 16.3 Å². The molecule has 0 amide bonds. The van der Waals surface area contributed by atoms with Crippen molar-refractivity contribution in [2.45, 2.75) is 6.18 Å². The van der Waals surface area contributed by atoms with Crippen molar-refractivity contribution < 1.29 is 17.6 Å². The van der Waals surface area contributed by atoms with E-state index in [-0.39, 0.29) is 11.3 Å². The number of nitrogens with zero attached hydrogens (tertiary/aromatic N) is 2. The molecule has 1 heterocycles. The molecule has 0 aliphatic rings. The molecule has 0 saturated heterocycles. The molecule has 0 atom stereocenters. The van der Waals surface area contributed by atoms with Gasteiger partial charge in [0.15, 0.2) is 5.69 Å². The van der Waals surface area contributed by atoms with Gasteiger partial charge in [0.05, 0.1) is 17.4 Å². The summed E-state index contributed by atoms with van der Waals surface area (Å²) in [6, 6.07) is 4.59. The standard InChI is InChI=1S/C12H5F4IN2S/c13-9-1-3-10(4-2-9)19-11(12(14,15)16)8(7-18-19)5-6-20-17/h1-4,7H. The Morgan fingerprint density at radius 3 is 2.40 bits per heavy atom. The fourth-order valence-electron chi connectivity index (χ4n) is 1.57. The maximum atomic E-state index is 13.1. The van der Waals surface area contributed by atoms with E-state index in [1.807, 2.05) is 21.2 Å². The van der Waals surface area contributed by atoms with Gasteiger partial charge in [0.1, 0.15) is 5.82 Å². The van der Waals surface area contributed by atoms with Crippen LogP contribution in [0.5, 0.6) is 0 Å². The first-order chi connectivity index (χ1) is 9.43. The van der Waals surface area contributed by atoms with Crippen LogP contribution in [0.15, 0.2) is 30.5 Å². The van der Waals surface area contributed by atoms with E-state index in [9.17, 15) is 17.6 Å². The number of aromatic nitrogens is 2. The Hall–Kier alpha value is -1.21. The minimum absolute atomic E-state index is 0.119. The zero-order valence-corrected chi connectivity index (χ0v) is 12.6. The highest BCUT2D eigenvalue weighted by atomic mass is 127. The summed E-state index contributed by atoms with van der Waals surface area (Å²) < 4.78 is 52.9. The monoisotopic (exact) mass is 412 g/mol. The SMILES string of the molecule is Fc1ccc(-n2ncc(C#CSI)c2C(F)(F)F)cc1. The van der Waals surface area contributed by atoms with E-state index in [1.165, 1.54) is 12.1 Å². The smallest absolute Gasteiger partial charge is 0.227 e. The topological polar surface area (TPSA) is 17.8 Å². The molecule has 0 fully saturated rings. The fraction of sp³-hybridized carbons (Fsp3) is 0.0833. The van der Waals surface area contributed by atoms with Crippen LogP contribution < -0.4 is 0 Å². The average Bonchev–Trinajstić information content (AvgIpc) is 2.81. The molecule has 0 saturated carbocycles. The lowest BCUT2D eigenvalue weighted by Crippen LogP contribution is -2.14. The van der Waals surface area contributed by atoms with E-state index in [0.717, 1.165) is 27.3 Å². The van der Waals surface area contributed by atoms with E-state index < -0.39 is 17.7 Å². The minimum Gasteiger partial charge on any atom is -0.227 e. The van der Waals surface area contributed by atoms with Crippen LogP contribution in [0.2, 0.25) is 0 Å². The molecule has 104 valence electrons. The Morgan fingerprint density at radius 2 is 1.85 bits per heavy atom. The van der Waals surface area contributed by atoms with Crippen LogP contribution in [-0.4, -0.2) is 9.78 Å². The molecule has 0 radical (unpaired) electrons. The van der Waals surface area contributed by atoms with E-state index in [4.69, 9.17) is 0 Å². The third kappa shape index (κ3) is 3.27. The molecule has 0 N–H and O–H groups in total. The number of benzene rings is 1. The third-order valence-electron chi connectivity index (χ3n) is 2.33. The van der Waals surface area contributed by atoms with Crippen molar-refractivity contribution in [3.63, 3.8) is 0 Å². The second-order valence-electron chi connectivity index (χ2n) is 3.60. The van der Waals surface area contributed by atoms with Crippen LogP contribution in [0.1, 0.15) is 11.3 Å². The van der Waals surface area contributed by atoms with Gasteiger partial charge >= 0.3 is 6.18 Å². The molecule has 2 aromatic rings. The van der Waals surface area contributed by atoms with Gasteiger partial charge in [-0.2, -0.15) is 18.3 Å². The van der Waals surface area contributed by atoms with Crippen molar-refractivity contribution >= 4 is 30.1 Å². The first-order valence-corrected chi connectivity index (χ1v) is 8.49. The van der Waals surface area contributed by atoms with Crippen LogP contribution in [0.4, 0.5) is 17.6 Å². The lowest BCUT2D eigenvalue weighted by atomic mass is 10.2. The molecular formula is C12H5F4IN2S. The normalized spacial score (nSPS) is 11.1. The van der Waals surface area contributed by atoms with Gasteiger partial charge in [0.2, 0.25) is 0 Å². The predicted octanol–water partition coefficient (Wildman–Crippen LogP) is 4.42. The number of alkyl halides is 3. The van der Waals surface area contributed by atoms with Crippen molar-refractivity contribution in [2.75, 3.05) is 0 Å². The highest BCUT2D eigenvalue weighted by Gasteiger charge is 2.38. The summed E-state index contributed by atoms with van der Waals surface area (Å²) in [5, 5.41) is 6.19. The Balaban J connectivity index is 2.59. The second kappa shape index (κ2) is 6.05. The molecule has 8 heteroatoms. The molecule has 0 unspecified atom stereocenters. The first kappa shape index (κ1) is 15.2. The Labute approximate surface area is 128 Å². The summed E-state index contributed by atoms with van der Waals surface area (Å²) in [7, 11) is 1.08. The van der Waals surface area contributed by atoms with Crippen LogP contribution in [0.3, 0.4) is 0 Å². The third-order valence-corrected chi connectivity index (χ3v) is 3.17. The minimum atomic E-state index is -4.61.